The summed E-state index contributed by atoms with van der Waals surface area (Å²) in [4.78, 5) is 2.51. The molecule has 0 saturated carbocycles. The number of hydrogen-bond donors (Lipinski definition) is 1. The molecule has 0 amide bonds. The zero-order valence-electron chi connectivity index (χ0n) is 11.5. The van der Waals surface area contributed by atoms with E-state index >= 15 is 0 Å². The van der Waals surface area contributed by atoms with Gasteiger partial charge in [0.15, 0.2) is 11.5 Å². The van der Waals surface area contributed by atoms with E-state index in [1.807, 2.05) is 6.07 Å². The molecule has 104 valence electrons. The van der Waals surface area contributed by atoms with Crippen molar-refractivity contribution in [2.24, 2.45) is 5.73 Å². The zero-order chi connectivity index (χ0) is 13.2. The lowest BCUT2D eigenvalue weighted by molar-refractivity contribution is 0.169. The molecule has 1 saturated heterocycles. The van der Waals surface area contributed by atoms with Gasteiger partial charge in [0, 0.05) is 18.6 Å². The van der Waals surface area contributed by atoms with Gasteiger partial charge in [-0.15, -0.1) is 0 Å². The van der Waals surface area contributed by atoms with Gasteiger partial charge in [-0.05, 0) is 44.0 Å². The molecule has 0 spiro atoms. The minimum atomic E-state index is 0.381. The monoisotopic (exact) mass is 262 g/mol. The average molecular weight is 262 g/mol. The Balaban J connectivity index is 1.81. The summed E-state index contributed by atoms with van der Waals surface area (Å²) < 4.78 is 11.2. The average Bonchev–Trinajstić information content (AvgIpc) is 2.94. The summed E-state index contributed by atoms with van der Waals surface area (Å²) in [5.41, 5.74) is 7.15. The van der Waals surface area contributed by atoms with Crippen LogP contribution < -0.4 is 15.2 Å². The van der Waals surface area contributed by atoms with Gasteiger partial charge in [-0.1, -0.05) is 6.07 Å². The van der Waals surface area contributed by atoms with Crippen LogP contribution >= 0.6 is 0 Å². The maximum absolute atomic E-state index is 5.86. The molecule has 2 atom stereocenters. The van der Waals surface area contributed by atoms with Crippen molar-refractivity contribution in [3.8, 4) is 11.5 Å². The summed E-state index contributed by atoms with van der Waals surface area (Å²) in [7, 11) is 0. The molecule has 1 aromatic rings. The van der Waals surface area contributed by atoms with Gasteiger partial charge >= 0.3 is 0 Å². The van der Waals surface area contributed by atoms with Crippen molar-refractivity contribution in [2.75, 3.05) is 26.3 Å². The first-order chi connectivity index (χ1) is 9.29. The van der Waals surface area contributed by atoms with Crippen molar-refractivity contribution < 1.29 is 9.47 Å². The van der Waals surface area contributed by atoms with Gasteiger partial charge in [0.25, 0.3) is 0 Å². The summed E-state index contributed by atoms with van der Waals surface area (Å²) in [6.07, 6.45) is 2.46. The summed E-state index contributed by atoms with van der Waals surface area (Å²) in [5, 5.41) is 0. The summed E-state index contributed by atoms with van der Waals surface area (Å²) >= 11 is 0. The Morgan fingerprint density at radius 2 is 2.11 bits per heavy atom. The molecule has 2 aliphatic heterocycles. The lowest BCUT2D eigenvalue weighted by Gasteiger charge is -2.31. The van der Waals surface area contributed by atoms with Gasteiger partial charge in [0.1, 0.15) is 13.2 Å². The fourth-order valence-electron chi connectivity index (χ4n) is 3.13. The molecule has 0 radical (unpaired) electrons. The number of nitrogens with two attached hydrogens (primary N) is 1. The fourth-order valence-corrected chi connectivity index (χ4v) is 3.13. The molecule has 2 heterocycles. The Kier molecular flexibility index (Phi) is 3.62. The van der Waals surface area contributed by atoms with Crippen LogP contribution in [0.25, 0.3) is 0 Å². The molecule has 0 aromatic heterocycles. The lowest BCUT2D eigenvalue weighted by Crippen LogP contribution is -2.37. The Hall–Kier alpha value is -1.26. The SMILES string of the molecule is CC(c1ccc2c(c1)OCCO2)N1CCCC1CN. The minimum Gasteiger partial charge on any atom is -0.486 e. The van der Waals surface area contributed by atoms with Gasteiger partial charge in [-0.25, -0.2) is 0 Å². The van der Waals surface area contributed by atoms with E-state index in [1.165, 1.54) is 18.4 Å². The van der Waals surface area contributed by atoms with Crippen molar-refractivity contribution in [3.63, 3.8) is 0 Å². The molecule has 4 nitrogen and oxygen atoms in total. The Labute approximate surface area is 114 Å². The van der Waals surface area contributed by atoms with Crippen molar-refractivity contribution in [1.29, 1.82) is 0 Å². The van der Waals surface area contributed by atoms with Gasteiger partial charge in [0.2, 0.25) is 0 Å². The largest absolute Gasteiger partial charge is 0.486 e. The van der Waals surface area contributed by atoms with Gasteiger partial charge in [0.05, 0.1) is 0 Å². The van der Waals surface area contributed by atoms with Crippen LogP contribution in [-0.2, 0) is 0 Å². The molecule has 0 aliphatic carbocycles. The Bertz CT molecular complexity index is 450. The predicted octanol–water partition coefficient (Wildman–Crippen LogP) is 1.94. The third-order valence-corrected chi connectivity index (χ3v) is 4.24. The molecule has 3 rings (SSSR count). The molecule has 1 aromatic carbocycles. The number of ether oxygens (including phenoxy) is 2. The Morgan fingerprint density at radius 1 is 1.32 bits per heavy atom. The highest BCUT2D eigenvalue weighted by atomic mass is 16.6. The van der Waals surface area contributed by atoms with Crippen molar-refractivity contribution in [3.05, 3.63) is 23.8 Å². The molecule has 4 heteroatoms. The van der Waals surface area contributed by atoms with Crippen LogP contribution in [0.15, 0.2) is 18.2 Å². The molecule has 2 N–H and O–H groups in total. The van der Waals surface area contributed by atoms with E-state index in [0.29, 0.717) is 25.3 Å². The van der Waals surface area contributed by atoms with Crippen molar-refractivity contribution >= 4 is 0 Å². The van der Waals surface area contributed by atoms with E-state index in [1.54, 1.807) is 0 Å². The molecule has 1 fully saturated rings. The zero-order valence-corrected chi connectivity index (χ0v) is 11.5. The van der Waals surface area contributed by atoms with Gasteiger partial charge < -0.3 is 15.2 Å². The van der Waals surface area contributed by atoms with E-state index in [0.717, 1.165) is 24.6 Å². The molecular weight excluding hydrogens is 240 g/mol. The second-order valence-corrected chi connectivity index (χ2v) is 5.35. The number of fused-ring (bicyclic) bond motifs is 1. The normalized spacial score (nSPS) is 24.4. The number of nitrogens with zero attached hydrogens (tertiary/aromatic N) is 1. The van der Waals surface area contributed by atoms with Crippen LogP contribution in [0.5, 0.6) is 11.5 Å². The number of likely N-dealkylation sites (tertiary alicyclic amines) is 1. The van der Waals surface area contributed by atoms with Crippen LogP contribution in [-0.4, -0.2) is 37.2 Å². The van der Waals surface area contributed by atoms with Crippen LogP contribution in [0, 0.1) is 0 Å². The fraction of sp³-hybridized carbons (Fsp3) is 0.600. The lowest BCUT2D eigenvalue weighted by atomic mass is 10.0. The first-order valence-corrected chi connectivity index (χ1v) is 7.15. The van der Waals surface area contributed by atoms with Crippen LogP contribution in [0.2, 0.25) is 0 Å². The third-order valence-electron chi connectivity index (χ3n) is 4.24. The quantitative estimate of drug-likeness (QED) is 0.904. The first-order valence-electron chi connectivity index (χ1n) is 7.15. The standard InChI is InChI=1S/C15H22N2O2/c1-11(17-6-2-3-13(17)10-16)12-4-5-14-15(9-12)19-8-7-18-14/h4-5,9,11,13H,2-3,6-8,10,16H2,1H3. The minimum absolute atomic E-state index is 0.381. The second-order valence-electron chi connectivity index (χ2n) is 5.35. The highest BCUT2D eigenvalue weighted by molar-refractivity contribution is 5.44. The molecule has 2 unspecified atom stereocenters. The van der Waals surface area contributed by atoms with E-state index in [4.69, 9.17) is 15.2 Å². The van der Waals surface area contributed by atoms with Gasteiger partial charge in [-0.2, -0.15) is 0 Å². The van der Waals surface area contributed by atoms with E-state index < -0.39 is 0 Å². The van der Waals surface area contributed by atoms with E-state index in [-0.39, 0.29) is 0 Å². The summed E-state index contributed by atoms with van der Waals surface area (Å²) in [5.74, 6) is 1.73. The molecular formula is C15H22N2O2. The predicted molar refractivity (Wildman–Crippen MR) is 74.6 cm³/mol. The third kappa shape index (κ3) is 2.42. The first kappa shape index (κ1) is 12.8. The maximum Gasteiger partial charge on any atom is 0.161 e. The summed E-state index contributed by atoms with van der Waals surface area (Å²) in [6.45, 7) is 5.41. The smallest absolute Gasteiger partial charge is 0.161 e. The second kappa shape index (κ2) is 5.39. The van der Waals surface area contributed by atoms with Crippen LogP contribution in [0.4, 0.5) is 0 Å². The maximum atomic E-state index is 5.86. The van der Waals surface area contributed by atoms with Crippen molar-refractivity contribution in [1.82, 2.24) is 4.90 Å². The van der Waals surface area contributed by atoms with Crippen molar-refractivity contribution in [2.45, 2.75) is 31.8 Å². The van der Waals surface area contributed by atoms with Crippen LogP contribution in [0.3, 0.4) is 0 Å². The van der Waals surface area contributed by atoms with E-state index in [9.17, 15) is 0 Å². The molecule has 19 heavy (non-hydrogen) atoms. The molecule has 0 bridgehead atoms. The number of rotatable bonds is 3. The molecule has 2 aliphatic rings. The highest BCUT2D eigenvalue weighted by Crippen LogP contribution is 2.35. The van der Waals surface area contributed by atoms with E-state index in [2.05, 4.69) is 24.0 Å². The number of hydrogen-bond acceptors (Lipinski definition) is 4. The number of benzene rings is 1. The topological polar surface area (TPSA) is 47.7 Å². The highest BCUT2D eigenvalue weighted by Gasteiger charge is 2.28. The van der Waals surface area contributed by atoms with Crippen LogP contribution in [0.1, 0.15) is 31.4 Å². The Morgan fingerprint density at radius 3 is 2.89 bits per heavy atom. The van der Waals surface area contributed by atoms with Gasteiger partial charge in [-0.3, -0.25) is 4.90 Å². The summed E-state index contributed by atoms with van der Waals surface area (Å²) in [6, 6.07) is 7.18.